The van der Waals surface area contributed by atoms with Crippen LogP contribution in [0.2, 0.25) is 0 Å². The summed E-state index contributed by atoms with van der Waals surface area (Å²) in [6.45, 7) is 9.89. The van der Waals surface area contributed by atoms with Gasteiger partial charge in [0.15, 0.2) is 7.00 Å². The van der Waals surface area contributed by atoms with Crippen molar-refractivity contribution in [1.82, 2.24) is 0 Å². The predicted octanol–water partition coefficient (Wildman–Crippen LogP) is 3.41. The van der Waals surface area contributed by atoms with E-state index < -0.39 is 0 Å². The maximum Gasteiger partial charge on any atom is 0.160 e. The quantitative estimate of drug-likeness (QED) is 0.322. The largest absolute Gasteiger partial charge is 0.174 e. The molecule has 0 aromatic heterocycles. The van der Waals surface area contributed by atoms with E-state index >= 15 is 0 Å². The van der Waals surface area contributed by atoms with E-state index in [9.17, 15) is 0 Å². The van der Waals surface area contributed by atoms with Gasteiger partial charge >= 0.3 is 0 Å². The first kappa shape index (κ1) is 13.5. The minimum Gasteiger partial charge on any atom is -0.174 e. The maximum absolute atomic E-state index is 6.21. The van der Waals surface area contributed by atoms with E-state index in [1.165, 1.54) is 0 Å². The third kappa shape index (κ3) is 5.29. The summed E-state index contributed by atoms with van der Waals surface area (Å²) in [6.07, 6.45) is 1.06. The van der Waals surface area contributed by atoms with E-state index in [4.69, 9.17) is 11.6 Å². The fourth-order valence-corrected chi connectivity index (χ4v) is 2.72. The van der Waals surface area contributed by atoms with Crippen molar-refractivity contribution in [2.75, 3.05) is 0 Å². The summed E-state index contributed by atoms with van der Waals surface area (Å²) >= 11 is 8.72. The lowest BCUT2D eigenvalue weighted by atomic mass is 9.73. The highest BCUT2D eigenvalue weighted by Crippen LogP contribution is 2.38. The van der Waals surface area contributed by atoms with Gasteiger partial charge < -0.3 is 0 Å². The van der Waals surface area contributed by atoms with E-state index in [2.05, 4.69) is 59.4 Å². The summed E-state index contributed by atoms with van der Waals surface area (Å²) in [5.41, 5.74) is 0.327. The molecule has 0 bridgehead atoms. The van der Waals surface area contributed by atoms with E-state index in [-0.39, 0.29) is 4.87 Å². The van der Waals surface area contributed by atoms with Gasteiger partial charge in [-0.2, -0.15) is 9.12 Å². The van der Waals surface area contributed by atoms with Gasteiger partial charge in [0.25, 0.3) is 0 Å². The van der Waals surface area contributed by atoms with Crippen LogP contribution in [0.4, 0.5) is 0 Å². The molecule has 0 saturated carbocycles. The van der Waals surface area contributed by atoms with Crippen molar-refractivity contribution >= 4 is 50.3 Å². The Kier molecular flexibility index (Phi) is 5.45. The van der Waals surface area contributed by atoms with Crippen LogP contribution >= 0.6 is 43.3 Å². The second-order valence-electron chi connectivity index (χ2n) is 4.59. The Labute approximate surface area is 98.1 Å². The topological polar surface area (TPSA) is 0 Å². The molecule has 0 fully saturated rings. The van der Waals surface area contributed by atoms with E-state index in [1.807, 2.05) is 0 Å². The van der Waals surface area contributed by atoms with Crippen molar-refractivity contribution in [3.63, 3.8) is 0 Å². The first-order valence-electron chi connectivity index (χ1n) is 4.22. The highest BCUT2D eigenvalue weighted by atomic mass is 127. The Morgan fingerprint density at radius 3 is 2.08 bits per heavy atom. The van der Waals surface area contributed by atoms with Crippen molar-refractivity contribution in [1.29, 1.82) is 0 Å². The van der Waals surface area contributed by atoms with Gasteiger partial charge in [0.1, 0.15) is 0 Å². The van der Waals surface area contributed by atoms with Crippen molar-refractivity contribution in [2.24, 2.45) is 5.41 Å². The number of alkyl halides is 2. The fraction of sp³-hybridized carbons (Fsp3) is 1.00. The van der Waals surface area contributed by atoms with Gasteiger partial charge in [0.05, 0.1) is 0 Å². The van der Waals surface area contributed by atoms with Crippen LogP contribution in [-0.2, 0) is 0 Å². The first-order chi connectivity index (χ1) is 5.19. The van der Waals surface area contributed by atoms with Crippen molar-refractivity contribution in [3.8, 4) is 0 Å². The summed E-state index contributed by atoms with van der Waals surface area (Å²) in [7, 11) is 2.80. The van der Waals surface area contributed by atoms with Crippen LogP contribution in [0.3, 0.4) is 0 Å². The molecule has 0 rings (SSSR count). The van der Waals surface area contributed by atoms with Crippen molar-refractivity contribution in [2.45, 2.75) is 42.8 Å². The maximum atomic E-state index is 6.21. The smallest absolute Gasteiger partial charge is 0.160 e. The standard InChI is InChI=1S/C8H18BClIP/c1-7(2,6(11)9-12)5-8(3,4)10/h6,9H,5,12H2,1-4H3. The van der Waals surface area contributed by atoms with Gasteiger partial charge in [-0.15, -0.1) is 11.6 Å². The molecule has 0 aliphatic heterocycles. The first-order valence-corrected chi connectivity index (χ1v) is 6.66. The second-order valence-corrected chi connectivity index (χ2v) is 7.59. The molecule has 0 heterocycles. The Balaban J connectivity index is 4.22. The second kappa shape index (κ2) is 4.84. The summed E-state index contributed by atoms with van der Waals surface area (Å²) in [5.74, 6) is 0. The van der Waals surface area contributed by atoms with Crippen molar-refractivity contribution < 1.29 is 0 Å². The molecule has 4 heteroatoms. The van der Waals surface area contributed by atoms with Gasteiger partial charge in [-0.25, -0.2) is 0 Å². The van der Waals surface area contributed by atoms with Crippen LogP contribution in [0.15, 0.2) is 0 Å². The molecule has 2 atom stereocenters. The lowest BCUT2D eigenvalue weighted by Gasteiger charge is -2.34. The number of hydrogen-bond donors (Lipinski definition) is 0. The van der Waals surface area contributed by atoms with Gasteiger partial charge in [0, 0.05) is 4.87 Å². The molecular formula is C8H18BClIP. The van der Waals surface area contributed by atoms with Gasteiger partial charge in [-0.1, -0.05) is 36.4 Å². The monoisotopic (exact) mass is 318 g/mol. The summed E-state index contributed by atoms with van der Waals surface area (Å²) in [4.78, 5) is -0.0766. The lowest BCUT2D eigenvalue weighted by Crippen LogP contribution is -2.33. The molecule has 2 unspecified atom stereocenters. The predicted molar refractivity (Wildman–Crippen MR) is 73.0 cm³/mol. The summed E-state index contributed by atoms with van der Waals surface area (Å²) < 4.78 is 0.679. The Hall–Kier alpha value is 1.51. The number of halogens is 2. The third-order valence-corrected chi connectivity index (χ3v) is 5.69. The van der Waals surface area contributed by atoms with Crippen LogP contribution < -0.4 is 0 Å². The zero-order valence-electron chi connectivity index (χ0n) is 8.32. The molecule has 0 spiro atoms. The van der Waals surface area contributed by atoms with Crippen LogP contribution in [-0.4, -0.2) is 15.7 Å². The number of hydrogen-bond acceptors (Lipinski definition) is 0. The van der Waals surface area contributed by atoms with Crippen LogP contribution in [0.1, 0.15) is 34.1 Å². The highest BCUT2D eigenvalue weighted by molar-refractivity contribution is 14.1. The average molecular weight is 318 g/mol. The summed E-state index contributed by atoms with van der Waals surface area (Å²) in [6, 6.07) is 0. The molecule has 0 aromatic rings. The Bertz CT molecular complexity index is 144. The third-order valence-electron chi connectivity index (χ3n) is 1.93. The van der Waals surface area contributed by atoms with Crippen molar-refractivity contribution in [3.05, 3.63) is 0 Å². The van der Waals surface area contributed by atoms with E-state index in [0.717, 1.165) is 13.4 Å². The van der Waals surface area contributed by atoms with Gasteiger partial charge in [-0.05, 0) is 29.5 Å². The Morgan fingerprint density at radius 2 is 1.83 bits per heavy atom. The molecule has 0 nitrogen and oxygen atoms in total. The molecule has 0 aromatic carbocycles. The highest BCUT2D eigenvalue weighted by Gasteiger charge is 2.32. The summed E-state index contributed by atoms with van der Waals surface area (Å²) in [5, 5.41) is 0. The van der Waals surface area contributed by atoms with Gasteiger partial charge in [0.2, 0.25) is 0 Å². The average Bonchev–Trinajstić information content (AvgIpc) is 1.80. The van der Waals surface area contributed by atoms with E-state index in [0.29, 0.717) is 9.24 Å². The molecule has 12 heavy (non-hydrogen) atoms. The SMILES string of the molecule is CC(C)(Cl)CC(C)(C)C(I)BP. The molecule has 0 radical (unpaired) electrons. The molecule has 0 N–H and O–H groups in total. The lowest BCUT2D eigenvalue weighted by molar-refractivity contribution is 0.333. The molecule has 72 valence electrons. The van der Waals surface area contributed by atoms with E-state index in [1.54, 1.807) is 0 Å². The van der Waals surface area contributed by atoms with Crippen LogP contribution in [0, 0.1) is 5.41 Å². The number of rotatable bonds is 4. The minimum absolute atomic E-state index is 0.0766. The molecule has 0 aliphatic rings. The minimum atomic E-state index is -0.0766. The van der Waals surface area contributed by atoms with Crippen LogP contribution in [0.5, 0.6) is 0 Å². The zero-order chi connectivity index (χ0) is 9.99. The van der Waals surface area contributed by atoms with Gasteiger partial charge in [-0.3, -0.25) is 0 Å². The fourth-order valence-electron chi connectivity index (χ4n) is 1.51. The van der Waals surface area contributed by atoms with Crippen LogP contribution in [0.25, 0.3) is 0 Å². The molecule has 0 amide bonds. The molecular weight excluding hydrogens is 300 g/mol. The Morgan fingerprint density at radius 1 is 1.42 bits per heavy atom. The normalized spacial score (nSPS) is 15.9. The molecule has 0 aliphatic carbocycles. The zero-order valence-corrected chi connectivity index (χ0v) is 12.4. The molecule has 0 saturated heterocycles.